The van der Waals surface area contributed by atoms with Gasteiger partial charge in [-0.3, -0.25) is 4.79 Å². The van der Waals surface area contributed by atoms with Gasteiger partial charge in [-0.2, -0.15) is 0 Å². The number of hydrogen-bond donors (Lipinski definition) is 1. The minimum atomic E-state index is -3.07. The Morgan fingerprint density at radius 3 is 2.83 bits per heavy atom. The molecule has 7 nitrogen and oxygen atoms in total. The van der Waals surface area contributed by atoms with Crippen molar-refractivity contribution in [1.82, 2.24) is 5.32 Å². The molecule has 0 aliphatic carbocycles. The minimum absolute atomic E-state index is 0.0670. The molecular formula is C16H17NO6S. The highest BCUT2D eigenvalue weighted by Crippen LogP contribution is 2.26. The van der Waals surface area contributed by atoms with Crippen LogP contribution in [0.5, 0.6) is 5.75 Å². The quantitative estimate of drug-likeness (QED) is 0.784. The second kappa shape index (κ2) is 6.64. The van der Waals surface area contributed by atoms with Crippen LogP contribution in [0.1, 0.15) is 12.0 Å². The van der Waals surface area contributed by atoms with Gasteiger partial charge in [-0.25, -0.2) is 13.2 Å². The molecule has 3 rings (SSSR count). The zero-order valence-electron chi connectivity index (χ0n) is 12.9. The van der Waals surface area contributed by atoms with Crippen molar-refractivity contribution in [2.45, 2.75) is 12.5 Å². The van der Waals surface area contributed by atoms with Gasteiger partial charge in [0, 0.05) is 11.6 Å². The Morgan fingerprint density at radius 2 is 2.08 bits per heavy atom. The lowest BCUT2D eigenvalue weighted by atomic mass is 10.1. The van der Waals surface area contributed by atoms with Gasteiger partial charge in [0.25, 0.3) is 5.91 Å². The molecule has 0 unspecified atom stereocenters. The van der Waals surface area contributed by atoms with Gasteiger partial charge in [0.15, 0.2) is 16.4 Å². The van der Waals surface area contributed by atoms with Crippen molar-refractivity contribution >= 4 is 27.8 Å². The molecule has 1 saturated heterocycles. The number of hydrogen-bond acceptors (Lipinski definition) is 6. The Labute approximate surface area is 139 Å². The average molecular weight is 351 g/mol. The molecule has 0 aromatic heterocycles. The highest BCUT2D eigenvalue weighted by Gasteiger charge is 2.29. The Bertz CT molecular complexity index is 799. The first-order valence-electron chi connectivity index (χ1n) is 7.52. The number of esters is 1. The van der Waals surface area contributed by atoms with Crippen LogP contribution >= 0.6 is 0 Å². The van der Waals surface area contributed by atoms with E-state index in [0.717, 1.165) is 5.56 Å². The summed E-state index contributed by atoms with van der Waals surface area (Å²) < 4.78 is 33.1. The lowest BCUT2D eigenvalue weighted by Crippen LogP contribution is -2.38. The molecule has 128 valence electrons. The fourth-order valence-corrected chi connectivity index (χ4v) is 4.31. The maximum absolute atomic E-state index is 12.0. The van der Waals surface area contributed by atoms with Gasteiger partial charge in [0.1, 0.15) is 12.4 Å². The predicted molar refractivity (Wildman–Crippen MR) is 86.1 cm³/mol. The van der Waals surface area contributed by atoms with E-state index in [9.17, 15) is 18.0 Å². The summed E-state index contributed by atoms with van der Waals surface area (Å²) in [6.07, 6.45) is 2.06. The van der Waals surface area contributed by atoms with Crippen molar-refractivity contribution in [3.05, 3.63) is 35.4 Å². The van der Waals surface area contributed by atoms with Crippen LogP contribution in [0.2, 0.25) is 0 Å². The van der Waals surface area contributed by atoms with Gasteiger partial charge in [-0.15, -0.1) is 0 Å². The largest absolute Gasteiger partial charge is 0.488 e. The maximum atomic E-state index is 12.0. The average Bonchev–Trinajstić information content (AvgIpc) is 2.90. The van der Waals surface area contributed by atoms with Crippen LogP contribution in [0.15, 0.2) is 29.8 Å². The summed E-state index contributed by atoms with van der Waals surface area (Å²) in [4.78, 5) is 23.8. The number of para-hydroxylation sites is 1. The lowest BCUT2D eigenvalue weighted by Gasteiger charge is -2.17. The molecule has 24 heavy (non-hydrogen) atoms. The monoisotopic (exact) mass is 351 g/mol. The summed E-state index contributed by atoms with van der Waals surface area (Å²) in [5.41, 5.74) is 1.10. The standard InChI is InChI=1S/C16H17NO6S/c18-15(17-13-5-6-24(20,21)10-13)9-23-16(19)12-7-11-3-1-2-4-14(11)22-8-12/h1-4,7,13H,5-6,8-10H2,(H,17,18)/t13-/m0/s1. The Morgan fingerprint density at radius 1 is 1.29 bits per heavy atom. The SMILES string of the molecule is O=C(COC(=O)C1=Cc2ccccc2OC1)N[C@H]1CCS(=O)(=O)C1. The summed E-state index contributed by atoms with van der Waals surface area (Å²) in [6, 6.07) is 6.87. The third-order valence-electron chi connectivity index (χ3n) is 3.83. The second-order valence-electron chi connectivity index (χ2n) is 5.74. The van der Waals surface area contributed by atoms with E-state index in [1.165, 1.54) is 0 Å². The topological polar surface area (TPSA) is 98.8 Å². The maximum Gasteiger partial charge on any atom is 0.338 e. The third kappa shape index (κ3) is 3.94. The fraction of sp³-hybridized carbons (Fsp3) is 0.375. The molecule has 0 radical (unpaired) electrons. The Hall–Kier alpha value is -2.35. The summed E-state index contributed by atoms with van der Waals surface area (Å²) >= 11 is 0. The molecule has 1 N–H and O–H groups in total. The molecule has 0 saturated carbocycles. The lowest BCUT2D eigenvalue weighted by molar-refractivity contribution is -0.145. The zero-order chi connectivity index (χ0) is 17.2. The van der Waals surface area contributed by atoms with Crippen LogP contribution < -0.4 is 10.1 Å². The van der Waals surface area contributed by atoms with Crippen LogP contribution in [0.25, 0.3) is 6.08 Å². The highest BCUT2D eigenvalue weighted by molar-refractivity contribution is 7.91. The van der Waals surface area contributed by atoms with Crippen molar-refractivity contribution in [3.8, 4) is 5.75 Å². The number of amides is 1. The molecule has 0 bridgehead atoms. The van der Waals surface area contributed by atoms with Gasteiger partial charge in [0.2, 0.25) is 0 Å². The number of ether oxygens (including phenoxy) is 2. The number of rotatable bonds is 4. The smallest absolute Gasteiger partial charge is 0.338 e. The molecule has 0 spiro atoms. The van der Waals surface area contributed by atoms with Crippen LogP contribution in [-0.4, -0.2) is 51.1 Å². The van der Waals surface area contributed by atoms with E-state index in [1.54, 1.807) is 12.1 Å². The zero-order valence-corrected chi connectivity index (χ0v) is 13.7. The molecular weight excluding hydrogens is 334 g/mol. The van der Waals surface area contributed by atoms with Crippen molar-refractivity contribution in [2.24, 2.45) is 0 Å². The van der Waals surface area contributed by atoms with E-state index in [4.69, 9.17) is 9.47 Å². The first kappa shape index (κ1) is 16.5. The molecule has 2 heterocycles. The van der Waals surface area contributed by atoms with Crippen LogP contribution in [0.4, 0.5) is 0 Å². The van der Waals surface area contributed by atoms with E-state index >= 15 is 0 Å². The first-order chi connectivity index (χ1) is 11.4. The molecule has 1 aromatic rings. The minimum Gasteiger partial charge on any atom is -0.488 e. The van der Waals surface area contributed by atoms with Gasteiger partial charge >= 0.3 is 5.97 Å². The second-order valence-corrected chi connectivity index (χ2v) is 7.97. The van der Waals surface area contributed by atoms with E-state index in [0.29, 0.717) is 17.7 Å². The van der Waals surface area contributed by atoms with Crippen molar-refractivity contribution < 1.29 is 27.5 Å². The summed E-state index contributed by atoms with van der Waals surface area (Å²) in [6.45, 7) is -0.368. The van der Waals surface area contributed by atoms with Gasteiger partial charge in [-0.1, -0.05) is 18.2 Å². The predicted octanol–water partition coefficient (Wildman–Crippen LogP) is 0.309. The van der Waals surface area contributed by atoms with Crippen molar-refractivity contribution in [3.63, 3.8) is 0 Å². The number of fused-ring (bicyclic) bond motifs is 1. The van der Waals surface area contributed by atoms with Crippen LogP contribution in [0, 0.1) is 0 Å². The number of sulfone groups is 1. The molecule has 1 atom stereocenters. The van der Waals surface area contributed by atoms with E-state index in [2.05, 4.69) is 5.32 Å². The number of nitrogens with one attached hydrogen (secondary N) is 1. The molecule has 1 fully saturated rings. The number of benzene rings is 1. The van der Waals surface area contributed by atoms with Crippen molar-refractivity contribution in [1.29, 1.82) is 0 Å². The number of carbonyl (C=O) groups is 2. The summed E-state index contributed by atoms with van der Waals surface area (Å²) in [7, 11) is -3.07. The van der Waals surface area contributed by atoms with E-state index in [-0.39, 0.29) is 18.1 Å². The Kier molecular flexibility index (Phi) is 4.57. The molecule has 1 aromatic carbocycles. The summed E-state index contributed by atoms with van der Waals surface area (Å²) in [5.74, 6) is -0.444. The first-order valence-corrected chi connectivity index (χ1v) is 9.34. The van der Waals surface area contributed by atoms with E-state index < -0.39 is 34.4 Å². The molecule has 2 aliphatic heterocycles. The Balaban J connectivity index is 1.51. The highest BCUT2D eigenvalue weighted by atomic mass is 32.2. The van der Waals surface area contributed by atoms with Crippen LogP contribution in [0.3, 0.4) is 0 Å². The molecule has 8 heteroatoms. The third-order valence-corrected chi connectivity index (χ3v) is 5.59. The van der Waals surface area contributed by atoms with Gasteiger partial charge in [0.05, 0.1) is 17.1 Å². The van der Waals surface area contributed by atoms with Crippen LogP contribution in [-0.2, 0) is 24.2 Å². The fourth-order valence-electron chi connectivity index (χ4n) is 2.64. The normalized spacial score (nSPS) is 21.2. The van der Waals surface area contributed by atoms with Gasteiger partial charge in [-0.05, 0) is 18.6 Å². The number of carbonyl (C=O) groups excluding carboxylic acids is 2. The van der Waals surface area contributed by atoms with Gasteiger partial charge < -0.3 is 14.8 Å². The molecule has 2 aliphatic rings. The summed E-state index contributed by atoms with van der Waals surface area (Å²) in [5, 5.41) is 2.56. The van der Waals surface area contributed by atoms with E-state index in [1.807, 2.05) is 18.2 Å². The van der Waals surface area contributed by atoms with Crippen molar-refractivity contribution in [2.75, 3.05) is 24.7 Å². The molecule has 1 amide bonds.